The van der Waals surface area contributed by atoms with Crippen LogP contribution in [0.15, 0.2) is 36.5 Å². The van der Waals surface area contributed by atoms with Crippen molar-refractivity contribution in [3.05, 3.63) is 42.1 Å². The van der Waals surface area contributed by atoms with Crippen LogP contribution in [0.3, 0.4) is 0 Å². The number of methoxy groups -OCH3 is 1. The zero-order chi connectivity index (χ0) is 13.2. The van der Waals surface area contributed by atoms with Crippen LogP contribution in [0.25, 0.3) is 0 Å². The number of carbonyl (C=O) groups excluding carboxylic acids is 1. The lowest BCUT2D eigenvalue weighted by atomic mass is 9.92. The Hall–Kier alpha value is -1.81. The van der Waals surface area contributed by atoms with Crippen molar-refractivity contribution in [2.24, 2.45) is 5.92 Å². The molecule has 0 saturated carbocycles. The van der Waals surface area contributed by atoms with E-state index < -0.39 is 0 Å². The molecule has 2 unspecified atom stereocenters. The lowest BCUT2D eigenvalue weighted by molar-refractivity contribution is -0.125. The van der Waals surface area contributed by atoms with Crippen molar-refractivity contribution in [2.75, 3.05) is 20.2 Å². The molecule has 0 spiro atoms. The van der Waals surface area contributed by atoms with Gasteiger partial charge in [-0.1, -0.05) is 18.2 Å². The van der Waals surface area contributed by atoms with Crippen LogP contribution in [-0.4, -0.2) is 36.9 Å². The number of carbonyl (C=O) groups is 1. The van der Waals surface area contributed by atoms with Gasteiger partial charge in [-0.05, 0) is 23.9 Å². The Morgan fingerprint density at radius 3 is 2.89 bits per heavy atom. The molecule has 1 aromatic rings. The second-order valence-corrected chi connectivity index (χ2v) is 5.14. The molecule has 19 heavy (non-hydrogen) atoms. The van der Waals surface area contributed by atoms with E-state index in [0.29, 0.717) is 12.3 Å². The zero-order valence-corrected chi connectivity index (χ0v) is 11.0. The highest BCUT2D eigenvalue weighted by Crippen LogP contribution is 2.22. The minimum Gasteiger partial charge on any atom is -0.497 e. The van der Waals surface area contributed by atoms with E-state index in [1.54, 1.807) is 7.11 Å². The Morgan fingerprint density at radius 1 is 1.37 bits per heavy atom. The summed E-state index contributed by atoms with van der Waals surface area (Å²) in [6.07, 6.45) is 3.89. The monoisotopic (exact) mass is 258 g/mol. The van der Waals surface area contributed by atoms with E-state index in [4.69, 9.17) is 4.74 Å². The summed E-state index contributed by atoms with van der Waals surface area (Å²) in [5.41, 5.74) is 1.21. The maximum absolute atomic E-state index is 12.0. The number of fused-ring (bicyclic) bond motifs is 1. The Kier molecular flexibility index (Phi) is 3.25. The number of nitrogens with zero attached hydrogens (tertiary/aromatic N) is 1. The summed E-state index contributed by atoms with van der Waals surface area (Å²) in [6.45, 7) is 2.26. The molecule has 4 nitrogen and oxygen atoms in total. The maximum Gasteiger partial charge on any atom is 0.155 e. The first kappa shape index (κ1) is 12.2. The summed E-state index contributed by atoms with van der Waals surface area (Å²) in [6, 6.07) is 8.27. The van der Waals surface area contributed by atoms with Crippen molar-refractivity contribution in [3.8, 4) is 5.75 Å². The number of ketones is 1. The lowest BCUT2D eigenvalue weighted by Crippen LogP contribution is -2.51. The normalized spacial score (nSPS) is 26.1. The van der Waals surface area contributed by atoms with E-state index in [9.17, 15) is 4.79 Å². The first-order valence-corrected chi connectivity index (χ1v) is 6.57. The molecule has 1 fully saturated rings. The molecule has 0 aromatic heterocycles. The summed E-state index contributed by atoms with van der Waals surface area (Å²) in [4.78, 5) is 14.2. The van der Waals surface area contributed by atoms with Crippen molar-refractivity contribution in [2.45, 2.75) is 12.6 Å². The van der Waals surface area contributed by atoms with E-state index in [2.05, 4.69) is 22.3 Å². The van der Waals surface area contributed by atoms with Gasteiger partial charge in [-0.15, -0.1) is 0 Å². The molecule has 1 aromatic carbocycles. The number of benzene rings is 1. The minimum atomic E-state index is 0.0760. The Bertz CT molecular complexity index is 495. The number of Topliss-reactive ketones (excluding diaryl/α,β-unsaturated/α-hetero) is 1. The van der Waals surface area contributed by atoms with Crippen molar-refractivity contribution in [3.63, 3.8) is 0 Å². The van der Waals surface area contributed by atoms with E-state index in [1.165, 1.54) is 5.56 Å². The highest BCUT2D eigenvalue weighted by Gasteiger charge is 2.35. The third-order valence-electron chi connectivity index (χ3n) is 3.82. The molecule has 1 saturated heterocycles. The third-order valence-corrected chi connectivity index (χ3v) is 3.82. The number of hydrogen-bond acceptors (Lipinski definition) is 4. The van der Waals surface area contributed by atoms with Gasteiger partial charge in [-0.2, -0.15) is 0 Å². The molecule has 2 heterocycles. The highest BCUT2D eigenvalue weighted by atomic mass is 16.5. The lowest BCUT2D eigenvalue weighted by Gasteiger charge is -2.33. The molecule has 100 valence electrons. The number of piperidine rings is 1. The second kappa shape index (κ2) is 5.05. The van der Waals surface area contributed by atoms with Gasteiger partial charge in [0.1, 0.15) is 5.75 Å². The Balaban J connectivity index is 1.65. The first-order chi connectivity index (χ1) is 9.26. The number of hydrogen-bond donors (Lipinski definition) is 1. The summed E-state index contributed by atoms with van der Waals surface area (Å²) < 4.78 is 5.15. The van der Waals surface area contributed by atoms with E-state index >= 15 is 0 Å². The molecule has 1 N–H and O–H groups in total. The molecular weight excluding hydrogens is 240 g/mol. The molecule has 0 amide bonds. The topological polar surface area (TPSA) is 41.6 Å². The van der Waals surface area contributed by atoms with E-state index in [-0.39, 0.29) is 12.0 Å². The summed E-state index contributed by atoms with van der Waals surface area (Å²) in [7, 11) is 1.66. The van der Waals surface area contributed by atoms with Gasteiger partial charge in [0.15, 0.2) is 5.78 Å². The largest absolute Gasteiger partial charge is 0.497 e. The van der Waals surface area contributed by atoms with Gasteiger partial charge in [0, 0.05) is 13.1 Å². The predicted molar refractivity (Wildman–Crippen MR) is 72.8 cm³/mol. The summed E-state index contributed by atoms with van der Waals surface area (Å²) >= 11 is 0. The number of likely N-dealkylation sites (tertiary alicyclic amines) is 1. The smallest absolute Gasteiger partial charge is 0.155 e. The molecule has 4 heteroatoms. The van der Waals surface area contributed by atoms with Crippen LogP contribution in [-0.2, 0) is 11.3 Å². The number of rotatable bonds is 3. The molecular formula is C15H18N2O2. The summed E-state index contributed by atoms with van der Waals surface area (Å²) in [5, 5.41) is 3.26. The highest BCUT2D eigenvalue weighted by molar-refractivity contribution is 5.86. The van der Waals surface area contributed by atoms with Crippen LogP contribution in [0.1, 0.15) is 5.56 Å². The van der Waals surface area contributed by atoms with Crippen molar-refractivity contribution < 1.29 is 9.53 Å². The number of ether oxygens (including phenoxy) is 1. The average molecular weight is 258 g/mol. The zero-order valence-electron chi connectivity index (χ0n) is 11.0. The molecule has 2 aliphatic rings. The molecule has 3 rings (SSSR count). The fourth-order valence-electron chi connectivity index (χ4n) is 2.80. The standard InChI is InChI=1S/C15H18N2O2/c1-19-12-4-2-11(3-5-12)8-17-9-14-13(6-7-16-14)15(18)10-17/h2-7,13-14,16H,8-10H2,1H3. The van der Waals surface area contributed by atoms with Crippen LogP contribution in [0.5, 0.6) is 5.75 Å². The number of nitrogens with one attached hydrogen (secondary N) is 1. The van der Waals surface area contributed by atoms with Crippen LogP contribution >= 0.6 is 0 Å². The quantitative estimate of drug-likeness (QED) is 0.884. The fraction of sp³-hybridized carbons (Fsp3) is 0.400. The maximum atomic E-state index is 12.0. The van der Waals surface area contributed by atoms with Crippen LogP contribution in [0, 0.1) is 5.92 Å². The van der Waals surface area contributed by atoms with Gasteiger partial charge in [0.25, 0.3) is 0 Å². The first-order valence-electron chi connectivity index (χ1n) is 6.57. The van der Waals surface area contributed by atoms with Crippen LogP contribution in [0.2, 0.25) is 0 Å². The predicted octanol–water partition coefficient (Wildman–Crippen LogP) is 1.18. The van der Waals surface area contributed by atoms with Gasteiger partial charge in [0.05, 0.1) is 25.6 Å². The minimum absolute atomic E-state index is 0.0760. The summed E-state index contributed by atoms with van der Waals surface area (Å²) in [5.74, 6) is 1.25. The Labute approximate surface area is 113 Å². The molecule has 0 aliphatic carbocycles. The fourth-order valence-corrected chi connectivity index (χ4v) is 2.80. The van der Waals surface area contributed by atoms with Crippen molar-refractivity contribution in [1.29, 1.82) is 0 Å². The van der Waals surface area contributed by atoms with E-state index in [0.717, 1.165) is 18.8 Å². The average Bonchev–Trinajstić information content (AvgIpc) is 2.88. The third kappa shape index (κ3) is 2.49. The Morgan fingerprint density at radius 2 is 2.16 bits per heavy atom. The van der Waals surface area contributed by atoms with Gasteiger partial charge in [0.2, 0.25) is 0 Å². The van der Waals surface area contributed by atoms with Crippen molar-refractivity contribution in [1.82, 2.24) is 10.2 Å². The van der Waals surface area contributed by atoms with Crippen LogP contribution < -0.4 is 10.1 Å². The molecule has 2 atom stereocenters. The van der Waals surface area contributed by atoms with Gasteiger partial charge < -0.3 is 10.1 Å². The molecule has 0 bridgehead atoms. The van der Waals surface area contributed by atoms with E-state index in [1.807, 2.05) is 24.4 Å². The molecule has 0 radical (unpaired) electrons. The van der Waals surface area contributed by atoms with Gasteiger partial charge >= 0.3 is 0 Å². The van der Waals surface area contributed by atoms with Gasteiger partial charge in [-0.3, -0.25) is 9.69 Å². The SMILES string of the molecule is COc1ccc(CN2CC(=O)C3C=CNC3C2)cc1. The molecule has 2 aliphatic heterocycles. The van der Waals surface area contributed by atoms with Crippen LogP contribution in [0.4, 0.5) is 0 Å². The van der Waals surface area contributed by atoms with Gasteiger partial charge in [-0.25, -0.2) is 0 Å². The van der Waals surface area contributed by atoms with Crippen molar-refractivity contribution >= 4 is 5.78 Å². The second-order valence-electron chi connectivity index (χ2n) is 5.14.